The van der Waals surface area contributed by atoms with E-state index in [4.69, 9.17) is 0 Å². The maximum Gasteiger partial charge on any atom is 0.420 e. The predicted octanol–water partition coefficient (Wildman–Crippen LogP) is 1.93. The highest BCUT2D eigenvalue weighted by Crippen LogP contribution is 2.30. The smallest absolute Gasteiger partial charge is 0.420 e. The molecule has 0 amide bonds. The van der Waals surface area contributed by atoms with Crippen molar-refractivity contribution in [2.75, 3.05) is 0 Å². The van der Waals surface area contributed by atoms with Crippen molar-refractivity contribution in [3.63, 3.8) is 0 Å². The molecule has 0 bridgehead atoms. The van der Waals surface area contributed by atoms with Crippen molar-refractivity contribution in [1.82, 2.24) is 28.7 Å². The van der Waals surface area contributed by atoms with Crippen molar-refractivity contribution < 1.29 is 15.0 Å². The Morgan fingerprint density at radius 3 is 2.59 bits per heavy atom. The van der Waals surface area contributed by atoms with Gasteiger partial charge in [0.15, 0.2) is 5.65 Å². The number of para-hydroxylation sites is 2. The zero-order valence-corrected chi connectivity index (χ0v) is 15.3. The van der Waals surface area contributed by atoms with Crippen molar-refractivity contribution in [3.05, 3.63) is 47.3 Å². The molecule has 10 heteroatoms. The number of benzene rings is 1. The van der Waals surface area contributed by atoms with Gasteiger partial charge in [0.05, 0.1) is 23.3 Å². The van der Waals surface area contributed by atoms with Crippen LogP contribution in [0.15, 0.2) is 41.6 Å². The number of hydrogen-bond donors (Lipinski definition) is 2. The molecule has 0 radical (unpaired) electrons. The minimum atomic E-state index is -1.38. The number of aliphatic hydroxyl groups excluding tert-OH is 1. The normalized spacial score (nSPS) is 19.8. The molecule has 0 saturated heterocycles. The molecule has 0 spiro atoms. The molecule has 148 valence electrons. The van der Waals surface area contributed by atoms with E-state index in [9.17, 15) is 19.8 Å². The Kier molecular flexibility index (Phi) is 3.95. The first-order valence-electron chi connectivity index (χ1n) is 9.38. The second-order valence-corrected chi connectivity index (χ2v) is 7.22. The van der Waals surface area contributed by atoms with E-state index >= 15 is 0 Å². The molecule has 10 nitrogen and oxygen atoms in total. The maximum atomic E-state index is 12.9. The van der Waals surface area contributed by atoms with Gasteiger partial charge in [-0.3, -0.25) is 9.13 Å². The zero-order chi connectivity index (χ0) is 20.1. The fourth-order valence-electron chi connectivity index (χ4n) is 4.06. The molecule has 1 fully saturated rings. The van der Waals surface area contributed by atoms with Crippen LogP contribution in [0.5, 0.6) is 0 Å². The summed E-state index contributed by atoms with van der Waals surface area (Å²) in [6, 6.07) is 7.29. The monoisotopic (exact) mass is 394 g/mol. The molecule has 3 aromatic heterocycles. The minimum Gasteiger partial charge on any atom is -0.464 e. The Morgan fingerprint density at radius 1 is 1.07 bits per heavy atom. The first kappa shape index (κ1) is 17.6. The molecular weight excluding hydrogens is 376 g/mol. The molecule has 1 aliphatic carbocycles. The number of carbonyl (C=O) groups is 1. The lowest BCUT2D eigenvalue weighted by atomic mass is 9.93. The molecule has 1 aromatic carbocycles. The SMILES string of the molecule is O=C(O)n1c(=O)n([C@H]2CC[C@H](O)CC2)c2nc(-n3cnc4ccccc43)ncc21. The summed E-state index contributed by atoms with van der Waals surface area (Å²) in [5.74, 6) is 0.304. The van der Waals surface area contributed by atoms with Gasteiger partial charge in [0, 0.05) is 6.04 Å². The van der Waals surface area contributed by atoms with E-state index in [0.717, 1.165) is 11.0 Å². The first-order chi connectivity index (χ1) is 14.0. The summed E-state index contributed by atoms with van der Waals surface area (Å²) in [5, 5.41) is 19.3. The summed E-state index contributed by atoms with van der Waals surface area (Å²) in [6.45, 7) is 0. The molecule has 0 aliphatic heterocycles. The number of nitrogens with zero attached hydrogens (tertiary/aromatic N) is 6. The first-order valence-corrected chi connectivity index (χ1v) is 9.38. The van der Waals surface area contributed by atoms with E-state index in [-0.39, 0.29) is 17.2 Å². The molecule has 29 heavy (non-hydrogen) atoms. The van der Waals surface area contributed by atoms with Crippen LogP contribution in [0.25, 0.3) is 28.1 Å². The van der Waals surface area contributed by atoms with Crippen molar-refractivity contribution in [2.24, 2.45) is 0 Å². The summed E-state index contributed by atoms with van der Waals surface area (Å²) >= 11 is 0. The second kappa shape index (κ2) is 6.52. The Labute approximate surface area is 163 Å². The molecule has 2 N–H and O–H groups in total. The second-order valence-electron chi connectivity index (χ2n) is 7.22. The largest absolute Gasteiger partial charge is 0.464 e. The Hall–Kier alpha value is -3.53. The van der Waals surface area contributed by atoms with Crippen LogP contribution in [-0.2, 0) is 0 Å². The van der Waals surface area contributed by atoms with Crippen molar-refractivity contribution in [2.45, 2.75) is 37.8 Å². The predicted molar refractivity (Wildman–Crippen MR) is 103 cm³/mol. The van der Waals surface area contributed by atoms with Gasteiger partial charge in [-0.05, 0) is 37.8 Å². The van der Waals surface area contributed by atoms with Crippen LogP contribution in [0.1, 0.15) is 31.7 Å². The van der Waals surface area contributed by atoms with Crippen LogP contribution >= 0.6 is 0 Å². The number of carboxylic acid groups (broad SMARTS) is 1. The van der Waals surface area contributed by atoms with Gasteiger partial charge in [0.25, 0.3) is 0 Å². The number of rotatable bonds is 2. The lowest BCUT2D eigenvalue weighted by molar-refractivity contribution is 0.110. The molecule has 0 atom stereocenters. The maximum absolute atomic E-state index is 12.9. The molecule has 4 aromatic rings. The third-order valence-electron chi connectivity index (χ3n) is 5.50. The van der Waals surface area contributed by atoms with E-state index in [2.05, 4.69) is 15.0 Å². The molecule has 1 aliphatic rings. The van der Waals surface area contributed by atoms with Crippen LogP contribution in [0.4, 0.5) is 4.79 Å². The van der Waals surface area contributed by atoms with Gasteiger partial charge >= 0.3 is 11.8 Å². The van der Waals surface area contributed by atoms with Crippen molar-refractivity contribution >= 4 is 28.3 Å². The van der Waals surface area contributed by atoms with Crippen LogP contribution in [0.3, 0.4) is 0 Å². The van der Waals surface area contributed by atoms with E-state index in [1.165, 1.54) is 10.8 Å². The fourth-order valence-corrected chi connectivity index (χ4v) is 4.06. The average molecular weight is 394 g/mol. The average Bonchev–Trinajstić information content (AvgIpc) is 3.26. The third kappa shape index (κ3) is 2.71. The summed E-state index contributed by atoms with van der Waals surface area (Å²) in [4.78, 5) is 37.8. The van der Waals surface area contributed by atoms with Crippen LogP contribution in [0, 0.1) is 0 Å². The Morgan fingerprint density at radius 2 is 1.83 bits per heavy atom. The molecular formula is C19H18N6O4. The highest BCUT2D eigenvalue weighted by atomic mass is 16.4. The van der Waals surface area contributed by atoms with Crippen molar-refractivity contribution in [1.29, 1.82) is 0 Å². The zero-order valence-electron chi connectivity index (χ0n) is 15.3. The Bertz CT molecular complexity index is 1300. The summed E-state index contributed by atoms with van der Waals surface area (Å²) in [6.07, 6.45) is 3.45. The quantitative estimate of drug-likeness (QED) is 0.532. The van der Waals surface area contributed by atoms with Gasteiger partial charge in [-0.25, -0.2) is 19.6 Å². The van der Waals surface area contributed by atoms with Gasteiger partial charge < -0.3 is 10.2 Å². The van der Waals surface area contributed by atoms with Crippen LogP contribution < -0.4 is 5.69 Å². The summed E-state index contributed by atoms with van der Waals surface area (Å²) < 4.78 is 3.81. The Balaban J connectivity index is 1.73. The third-order valence-corrected chi connectivity index (χ3v) is 5.50. The van der Waals surface area contributed by atoms with Crippen LogP contribution in [0.2, 0.25) is 0 Å². The lowest BCUT2D eigenvalue weighted by Gasteiger charge is -2.26. The standard InChI is InChI=1S/C19H18N6O4/c26-12-7-5-11(6-8-12)24-16-15(25(18(24)27)19(28)29)9-20-17(22-16)23-10-21-13-3-1-2-4-14(13)23/h1-4,9-12,26H,5-8H2,(H,28,29)/t11-,12-. The molecule has 1 saturated carbocycles. The summed E-state index contributed by atoms with van der Waals surface area (Å²) in [5.41, 5.74) is 1.33. The van der Waals surface area contributed by atoms with Crippen molar-refractivity contribution in [3.8, 4) is 5.95 Å². The van der Waals surface area contributed by atoms with E-state index in [1.54, 1.807) is 10.9 Å². The summed E-state index contributed by atoms with van der Waals surface area (Å²) in [7, 11) is 0. The number of fused-ring (bicyclic) bond motifs is 2. The van der Waals surface area contributed by atoms with Gasteiger partial charge in [-0.1, -0.05) is 12.1 Å². The molecule has 3 heterocycles. The minimum absolute atomic E-state index is 0.141. The van der Waals surface area contributed by atoms with E-state index in [1.807, 2.05) is 24.3 Å². The molecule has 5 rings (SSSR count). The molecule has 0 unspecified atom stereocenters. The van der Waals surface area contributed by atoms with E-state index in [0.29, 0.717) is 36.2 Å². The van der Waals surface area contributed by atoms with E-state index < -0.39 is 17.9 Å². The van der Waals surface area contributed by atoms with Gasteiger partial charge in [-0.2, -0.15) is 9.55 Å². The van der Waals surface area contributed by atoms with Gasteiger partial charge in [-0.15, -0.1) is 0 Å². The fraction of sp³-hybridized carbons (Fsp3) is 0.316. The number of aliphatic hydroxyl groups is 1. The van der Waals surface area contributed by atoms with Crippen LogP contribution in [-0.4, -0.2) is 51.1 Å². The van der Waals surface area contributed by atoms with Gasteiger partial charge in [0.2, 0.25) is 5.95 Å². The topological polar surface area (TPSA) is 128 Å². The number of aromatic nitrogens is 6. The van der Waals surface area contributed by atoms with Gasteiger partial charge in [0.1, 0.15) is 11.8 Å². The lowest BCUT2D eigenvalue weighted by Crippen LogP contribution is -2.32. The highest BCUT2D eigenvalue weighted by Gasteiger charge is 2.28. The highest BCUT2D eigenvalue weighted by molar-refractivity contribution is 5.84. The number of imidazole rings is 2. The number of hydrogen-bond acceptors (Lipinski definition) is 6.